The molecule has 0 aliphatic rings. The number of aromatic nitrogens is 1. The van der Waals surface area contributed by atoms with Gasteiger partial charge < -0.3 is 9.73 Å². The monoisotopic (exact) mass is 320 g/mol. The van der Waals surface area contributed by atoms with E-state index in [2.05, 4.69) is 10.3 Å². The molecule has 2 aromatic carbocycles. The minimum Gasteiger partial charge on any atom is -0.441 e. The molecule has 21 heavy (non-hydrogen) atoms. The van der Waals surface area contributed by atoms with Crippen LogP contribution in [0.3, 0.4) is 0 Å². The van der Waals surface area contributed by atoms with Gasteiger partial charge in [-0.1, -0.05) is 36.2 Å². The number of hydrogen-bond acceptors (Lipinski definition) is 3. The maximum absolute atomic E-state index is 6.01. The molecule has 1 heterocycles. The van der Waals surface area contributed by atoms with E-state index in [0.29, 0.717) is 16.6 Å². The molecular weight excluding hydrogens is 307 g/mol. The number of benzene rings is 2. The molecule has 0 aliphatic heterocycles. The zero-order chi connectivity index (χ0) is 14.8. The van der Waals surface area contributed by atoms with Crippen molar-refractivity contribution in [3.8, 4) is 0 Å². The maximum atomic E-state index is 6.01. The normalized spacial score (nSPS) is 11.0. The maximum Gasteiger partial charge on any atom is 0.195 e. The van der Waals surface area contributed by atoms with Crippen LogP contribution < -0.4 is 5.32 Å². The highest BCUT2D eigenvalue weighted by molar-refractivity contribution is 6.42. The molecule has 0 aliphatic carbocycles. The second-order valence-electron chi connectivity index (χ2n) is 4.75. The third-order valence-electron chi connectivity index (χ3n) is 3.21. The van der Waals surface area contributed by atoms with Crippen LogP contribution in [0.4, 0.5) is 5.69 Å². The number of rotatable bonds is 4. The summed E-state index contributed by atoms with van der Waals surface area (Å²) >= 11 is 11.9. The van der Waals surface area contributed by atoms with Crippen LogP contribution in [-0.4, -0.2) is 4.98 Å². The SMILES string of the molecule is CCc1nc2cc(NCc3ccc(Cl)c(Cl)c3)ccc2o1. The van der Waals surface area contributed by atoms with Gasteiger partial charge in [0.25, 0.3) is 0 Å². The van der Waals surface area contributed by atoms with Crippen LogP contribution in [0.15, 0.2) is 40.8 Å². The average molecular weight is 321 g/mol. The number of nitrogens with one attached hydrogen (secondary N) is 1. The van der Waals surface area contributed by atoms with Gasteiger partial charge in [-0.05, 0) is 35.9 Å². The zero-order valence-electron chi connectivity index (χ0n) is 11.5. The number of halogens is 2. The van der Waals surface area contributed by atoms with Crippen LogP contribution in [-0.2, 0) is 13.0 Å². The standard InChI is InChI=1S/C16H14Cl2N2O/c1-2-16-20-14-8-11(4-6-15(14)21-16)19-9-10-3-5-12(17)13(18)7-10/h3-8,19H,2,9H2,1H3. The summed E-state index contributed by atoms with van der Waals surface area (Å²) in [6.45, 7) is 2.69. The van der Waals surface area contributed by atoms with Gasteiger partial charge in [0, 0.05) is 18.7 Å². The van der Waals surface area contributed by atoms with Gasteiger partial charge in [-0.25, -0.2) is 4.98 Å². The van der Waals surface area contributed by atoms with E-state index in [1.807, 2.05) is 37.3 Å². The summed E-state index contributed by atoms with van der Waals surface area (Å²) in [5.41, 5.74) is 3.74. The Labute approximate surface area is 132 Å². The van der Waals surface area contributed by atoms with Gasteiger partial charge in [-0.3, -0.25) is 0 Å². The Hall–Kier alpha value is -1.71. The predicted octanol–water partition coefficient (Wildman–Crippen LogP) is 5.31. The van der Waals surface area contributed by atoms with Crippen LogP contribution >= 0.6 is 23.2 Å². The van der Waals surface area contributed by atoms with Crippen LogP contribution in [0.1, 0.15) is 18.4 Å². The molecule has 0 saturated carbocycles. The van der Waals surface area contributed by atoms with E-state index in [-0.39, 0.29) is 0 Å². The van der Waals surface area contributed by atoms with Crippen molar-refractivity contribution in [1.29, 1.82) is 0 Å². The first kappa shape index (κ1) is 14.2. The molecule has 0 unspecified atom stereocenters. The molecule has 3 nitrogen and oxygen atoms in total. The van der Waals surface area contributed by atoms with E-state index >= 15 is 0 Å². The molecule has 0 saturated heterocycles. The first-order chi connectivity index (χ1) is 10.2. The third-order valence-corrected chi connectivity index (χ3v) is 3.95. The minimum absolute atomic E-state index is 0.565. The number of nitrogens with zero attached hydrogens (tertiary/aromatic N) is 1. The molecule has 0 bridgehead atoms. The molecule has 1 N–H and O–H groups in total. The van der Waals surface area contributed by atoms with Gasteiger partial charge in [0.2, 0.25) is 0 Å². The van der Waals surface area contributed by atoms with Gasteiger partial charge in [0.1, 0.15) is 5.52 Å². The number of aryl methyl sites for hydroxylation is 1. The minimum atomic E-state index is 0.565. The highest BCUT2D eigenvalue weighted by Crippen LogP contribution is 2.24. The van der Waals surface area contributed by atoms with Crippen LogP contribution in [0.25, 0.3) is 11.1 Å². The van der Waals surface area contributed by atoms with E-state index < -0.39 is 0 Å². The lowest BCUT2D eigenvalue weighted by Crippen LogP contribution is -1.99. The molecule has 0 fully saturated rings. The zero-order valence-corrected chi connectivity index (χ0v) is 13.0. The first-order valence-electron chi connectivity index (χ1n) is 6.73. The fourth-order valence-electron chi connectivity index (χ4n) is 2.09. The summed E-state index contributed by atoms with van der Waals surface area (Å²) in [4.78, 5) is 4.43. The lowest BCUT2D eigenvalue weighted by molar-refractivity contribution is 0.538. The van der Waals surface area contributed by atoms with Crippen LogP contribution in [0.2, 0.25) is 10.0 Å². The van der Waals surface area contributed by atoms with E-state index in [0.717, 1.165) is 34.7 Å². The quantitative estimate of drug-likeness (QED) is 0.708. The molecule has 0 amide bonds. The lowest BCUT2D eigenvalue weighted by Gasteiger charge is -2.07. The molecule has 0 atom stereocenters. The predicted molar refractivity (Wildman–Crippen MR) is 87.2 cm³/mol. The van der Waals surface area contributed by atoms with Gasteiger partial charge in [0.05, 0.1) is 10.0 Å². The highest BCUT2D eigenvalue weighted by Gasteiger charge is 2.05. The van der Waals surface area contributed by atoms with Crippen molar-refractivity contribution in [3.05, 3.63) is 57.9 Å². The summed E-state index contributed by atoms with van der Waals surface area (Å²) in [5.74, 6) is 0.756. The van der Waals surface area contributed by atoms with Gasteiger partial charge in [-0.15, -0.1) is 0 Å². The summed E-state index contributed by atoms with van der Waals surface area (Å²) < 4.78 is 5.59. The largest absolute Gasteiger partial charge is 0.441 e. The molecule has 3 rings (SSSR count). The van der Waals surface area contributed by atoms with Crippen molar-refractivity contribution in [2.24, 2.45) is 0 Å². The fraction of sp³-hybridized carbons (Fsp3) is 0.188. The van der Waals surface area contributed by atoms with E-state index in [1.165, 1.54) is 0 Å². The number of hydrogen-bond donors (Lipinski definition) is 1. The molecule has 0 spiro atoms. The highest BCUT2D eigenvalue weighted by atomic mass is 35.5. The van der Waals surface area contributed by atoms with Gasteiger partial charge in [0.15, 0.2) is 11.5 Å². The van der Waals surface area contributed by atoms with E-state index in [1.54, 1.807) is 6.07 Å². The number of oxazole rings is 1. The molecule has 1 aromatic heterocycles. The molecule has 108 valence electrons. The van der Waals surface area contributed by atoms with Crippen molar-refractivity contribution in [2.75, 3.05) is 5.32 Å². The second-order valence-corrected chi connectivity index (χ2v) is 5.56. The molecular formula is C16H14Cl2N2O. The van der Waals surface area contributed by atoms with Gasteiger partial charge >= 0.3 is 0 Å². The van der Waals surface area contributed by atoms with Gasteiger partial charge in [-0.2, -0.15) is 0 Å². The summed E-state index contributed by atoms with van der Waals surface area (Å²) in [6.07, 6.45) is 0.792. The first-order valence-corrected chi connectivity index (χ1v) is 7.48. The van der Waals surface area contributed by atoms with E-state index in [4.69, 9.17) is 27.6 Å². The number of fused-ring (bicyclic) bond motifs is 1. The molecule has 0 radical (unpaired) electrons. The Balaban J connectivity index is 1.76. The summed E-state index contributed by atoms with van der Waals surface area (Å²) in [7, 11) is 0. The Bertz CT molecular complexity index is 783. The Morgan fingerprint density at radius 1 is 1.10 bits per heavy atom. The summed E-state index contributed by atoms with van der Waals surface area (Å²) in [5, 5.41) is 4.48. The van der Waals surface area contributed by atoms with Crippen molar-refractivity contribution in [1.82, 2.24) is 4.98 Å². The fourth-order valence-corrected chi connectivity index (χ4v) is 2.41. The van der Waals surface area contributed by atoms with Crippen molar-refractivity contribution in [3.63, 3.8) is 0 Å². The van der Waals surface area contributed by atoms with Crippen molar-refractivity contribution in [2.45, 2.75) is 19.9 Å². The topological polar surface area (TPSA) is 38.1 Å². The smallest absolute Gasteiger partial charge is 0.195 e. The lowest BCUT2D eigenvalue weighted by atomic mass is 10.2. The number of anilines is 1. The van der Waals surface area contributed by atoms with Crippen molar-refractivity contribution < 1.29 is 4.42 Å². The molecule has 5 heteroatoms. The Morgan fingerprint density at radius 3 is 2.71 bits per heavy atom. The van der Waals surface area contributed by atoms with E-state index in [9.17, 15) is 0 Å². The Morgan fingerprint density at radius 2 is 1.95 bits per heavy atom. The van der Waals surface area contributed by atoms with Crippen LogP contribution in [0.5, 0.6) is 0 Å². The Kier molecular flexibility index (Phi) is 4.04. The van der Waals surface area contributed by atoms with Crippen molar-refractivity contribution >= 4 is 40.0 Å². The molecule has 3 aromatic rings. The average Bonchev–Trinajstić information content (AvgIpc) is 2.90. The van der Waals surface area contributed by atoms with Crippen LogP contribution in [0, 0.1) is 0 Å². The second kappa shape index (κ2) is 5.96. The summed E-state index contributed by atoms with van der Waals surface area (Å²) in [6, 6.07) is 11.5. The third kappa shape index (κ3) is 3.14.